The monoisotopic (exact) mass is 355 g/mol. The molecule has 0 unspecified atom stereocenters. The molecule has 0 bridgehead atoms. The van der Waals surface area contributed by atoms with Gasteiger partial charge in [-0.25, -0.2) is 4.98 Å². The Labute approximate surface area is 155 Å². The van der Waals surface area contributed by atoms with Gasteiger partial charge in [-0.1, -0.05) is 0 Å². The third kappa shape index (κ3) is 2.60. The molecule has 0 aliphatic rings. The Balaban J connectivity index is 1.65. The first kappa shape index (κ1) is 15.5. The topological polar surface area (TPSA) is 86.4 Å². The van der Waals surface area contributed by atoms with Crippen molar-refractivity contribution in [1.82, 2.24) is 30.1 Å². The number of hydrogen-bond donors (Lipinski definition) is 2. The van der Waals surface area contributed by atoms with Crippen molar-refractivity contribution in [2.45, 2.75) is 0 Å². The Morgan fingerprint density at radius 3 is 2.67 bits per heavy atom. The lowest BCUT2D eigenvalue weighted by atomic mass is 10.1. The highest BCUT2D eigenvalue weighted by molar-refractivity contribution is 5.95. The van der Waals surface area contributed by atoms with Gasteiger partial charge in [0, 0.05) is 54.6 Å². The van der Waals surface area contributed by atoms with E-state index in [0.717, 1.165) is 44.5 Å². The molecular weight excluding hydrogens is 338 g/mol. The molecule has 5 rings (SSSR count). The Morgan fingerprint density at radius 1 is 0.926 bits per heavy atom. The third-order valence-electron chi connectivity index (χ3n) is 4.68. The quantitative estimate of drug-likeness (QED) is 0.516. The van der Waals surface area contributed by atoms with Gasteiger partial charge in [0.15, 0.2) is 5.65 Å². The molecule has 132 valence electrons. The van der Waals surface area contributed by atoms with Crippen LogP contribution >= 0.6 is 0 Å². The first-order valence-corrected chi connectivity index (χ1v) is 8.59. The smallest absolute Gasteiger partial charge is 0.181 e. The second-order valence-corrected chi connectivity index (χ2v) is 6.67. The van der Waals surface area contributed by atoms with E-state index in [1.807, 2.05) is 49.8 Å². The maximum atomic E-state index is 4.52. The van der Waals surface area contributed by atoms with Gasteiger partial charge in [0.1, 0.15) is 0 Å². The van der Waals surface area contributed by atoms with E-state index in [9.17, 15) is 0 Å². The zero-order chi connectivity index (χ0) is 18.4. The largest absolute Gasteiger partial charge is 0.376 e. The van der Waals surface area contributed by atoms with Gasteiger partial charge < -0.3 is 9.88 Å². The van der Waals surface area contributed by atoms with E-state index < -0.39 is 0 Å². The van der Waals surface area contributed by atoms with Gasteiger partial charge in [0.05, 0.1) is 35.0 Å². The lowest BCUT2D eigenvalue weighted by Gasteiger charge is -2.12. The van der Waals surface area contributed by atoms with Gasteiger partial charge in [-0.15, -0.1) is 0 Å². The van der Waals surface area contributed by atoms with Crippen molar-refractivity contribution in [3.05, 3.63) is 55.2 Å². The minimum absolute atomic E-state index is 0.683. The summed E-state index contributed by atoms with van der Waals surface area (Å²) in [5, 5.41) is 9.53. The normalized spacial score (nSPS) is 11.3. The number of H-pyrrole nitrogens is 2. The van der Waals surface area contributed by atoms with Crippen molar-refractivity contribution in [2.75, 3.05) is 19.0 Å². The number of fused-ring (bicyclic) bond motifs is 2. The number of aromatic nitrogens is 6. The van der Waals surface area contributed by atoms with Crippen LogP contribution in [0.3, 0.4) is 0 Å². The number of pyridine rings is 3. The number of rotatable bonds is 3. The van der Waals surface area contributed by atoms with E-state index in [-0.39, 0.29) is 0 Å². The molecule has 27 heavy (non-hydrogen) atoms. The molecule has 0 aliphatic carbocycles. The van der Waals surface area contributed by atoms with Crippen LogP contribution in [0.5, 0.6) is 0 Å². The molecule has 0 radical (unpaired) electrons. The molecule has 0 saturated carbocycles. The second-order valence-electron chi connectivity index (χ2n) is 6.67. The van der Waals surface area contributed by atoms with Crippen LogP contribution < -0.4 is 4.90 Å². The highest BCUT2D eigenvalue weighted by atomic mass is 15.2. The van der Waals surface area contributed by atoms with Gasteiger partial charge in [-0.3, -0.25) is 15.1 Å². The van der Waals surface area contributed by atoms with Gasteiger partial charge in [0.25, 0.3) is 0 Å². The summed E-state index contributed by atoms with van der Waals surface area (Å²) < 4.78 is 0. The van der Waals surface area contributed by atoms with Crippen molar-refractivity contribution in [3.63, 3.8) is 0 Å². The lowest BCUT2D eigenvalue weighted by molar-refractivity contribution is 1.10. The molecule has 7 heteroatoms. The maximum absolute atomic E-state index is 4.52. The van der Waals surface area contributed by atoms with E-state index >= 15 is 0 Å². The zero-order valence-corrected chi connectivity index (χ0v) is 14.9. The van der Waals surface area contributed by atoms with Crippen molar-refractivity contribution in [1.29, 1.82) is 0 Å². The fourth-order valence-corrected chi connectivity index (χ4v) is 3.20. The molecule has 2 N–H and O–H groups in total. The van der Waals surface area contributed by atoms with Gasteiger partial charge in [0.2, 0.25) is 0 Å². The molecular formula is C20H17N7. The molecule has 5 heterocycles. The van der Waals surface area contributed by atoms with Crippen LogP contribution in [-0.2, 0) is 0 Å². The van der Waals surface area contributed by atoms with Gasteiger partial charge >= 0.3 is 0 Å². The summed E-state index contributed by atoms with van der Waals surface area (Å²) in [6.45, 7) is 0. The SMILES string of the molecule is CN(C)c1cncc(-c2cnc3n[nH]c(-c4cc5ccncc5[nH]4)c3c2)c1. The number of hydrogen-bond acceptors (Lipinski definition) is 5. The fraction of sp³-hybridized carbons (Fsp3) is 0.100. The molecule has 7 nitrogen and oxygen atoms in total. The number of nitrogens with one attached hydrogen (secondary N) is 2. The van der Waals surface area contributed by atoms with Gasteiger partial charge in [-0.2, -0.15) is 5.10 Å². The highest BCUT2D eigenvalue weighted by Crippen LogP contribution is 2.31. The molecule has 0 saturated heterocycles. The standard InChI is InChI=1S/C20H17N7/c1-27(2)15-5-13(8-22-10-15)14-6-16-19(25-26-20(16)23-9-14)17-7-12-3-4-21-11-18(12)24-17/h3-11,24H,1-2H3,(H,23,25,26). The van der Waals surface area contributed by atoms with Gasteiger partial charge in [-0.05, 0) is 24.3 Å². The van der Waals surface area contributed by atoms with Crippen LogP contribution in [-0.4, -0.2) is 44.2 Å². The minimum Gasteiger partial charge on any atom is -0.376 e. The second kappa shape index (κ2) is 5.91. The van der Waals surface area contributed by atoms with Crippen molar-refractivity contribution in [2.24, 2.45) is 0 Å². The van der Waals surface area contributed by atoms with Crippen LogP contribution in [0.4, 0.5) is 5.69 Å². The fourth-order valence-electron chi connectivity index (χ4n) is 3.20. The molecule has 0 spiro atoms. The van der Waals surface area contributed by atoms with E-state index in [1.54, 1.807) is 6.20 Å². The average molecular weight is 355 g/mol. The van der Waals surface area contributed by atoms with Crippen LogP contribution in [0.1, 0.15) is 0 Å². The van der Waals surface area contributed by atoms with E-state index in [1.165, 1.54) is 0 Å². The Bertz CT molecular complexity index is 1230. The number of aromatic amines is 2. The van der Waals surface area contributed by atoms with Crippen LogP contribution in [0.15, 0.2) is 55.2 Å². The van der Waals surface area contributed by atoms with Crippen LogP contribution in [0, 0.1) is 0 Å². The zero-order valence-electron chi connectivity index (χ0n) is 14.9. The molecule has 5 aromatic heterocycles. The van der Waals surface area contributed by atoms with Crippen molar-refractivity contribution >= 4 is 27.6 Å². The summed E-state index contributed by atoms with van der Waals surface area (Å²) in [6.07, 6.45) is 9.13. The summed E-state index contributed by atoms with van der Waals surface area (Å²) in [6, 6.07) is 8.27. The Hall–Kier alpha value is -3.74. The lowest BCUT2D eigenvalue weighted by Crippen LogP contribution is -2.08. The minimum atomic E-state index is 0.683. The van der Waals surface area contributed by atoms with Crippen molar-refractivity contribution in [3.8, 4) is 22.5 Å². The van der Waals surface area contributed by atoms with Crippen molar-refractivity contribution < 1.29 is 0 Å². The summed E-state index contributed by atoms with van der Waals surface area (Å²) in [5.74, 6) is 0. The highest BCUT2D eigenvalue weighted by Gasteiger charge is 2.13. The van der Waals surface area contributed by atoms with E-state index in [0.29, 0.717) is 5.65 Å². The summed E-state index contributed by atoms with van der Waals surface area (Å²) in [4.78, 5) is 18.5. The molecule has 0 atom stereocenters. The molecule has 0 aliphatic heterocycles. The maximum Gasteiger partial charge on any atom is 0.181 e. The van der Waals surface area contributed by atoms with Crippen LogP contribution in [0.25, 0.3) is 44.5 Å². The summed E-state index contributed by atoms with van der Waals surface area (Å²) in [7, 11) is 4.00. The summed E-state index contributed by atoms with van der Waals surface area (Å²) >= 11 is 0. The first-order valence-electron chi connectivity index (χ1n) is 8.59. The molecule has 0 amide bonds. The Kier molecular flexibility index (Phi) is 3.39. The molecule has 0 aromatic carbocycles. The van der Waals surface area contributed by atoms with E-state index in [2.05, 4.69) is 48.3 Å². The number of anilines is 1. The summed E-state index contributed by atoms with van der Waals surface area (Å²) in [5.41, 5.74) is 6.60. The Morgan fingerprint density at radius 2 is 1.81 bits per heavy atom. The average Bonchev–Trinajstić information content (AvgIpc) is 3.31. The van der Waals surface area contributed by atoms with Crippen LogP contribution in [0.2, 0.25) is 0 Å². The van der Waals surface area contributed by atoms with E-state index in [4.69, 9.17) is 0 Å². The molecule has 5 aromatic rings. The third-order valence-corrected chi connectivity index (χ3v) is 4.68. The molecule has 0 fully saturated rings. The number of nitrogens with zero attached hydrogens (tertiary/aromatic N) is 5. The predicted octanol–water partition coefficient (Wildman–Crippen LogP) is 3.63. The predicted molar refractivity (Wildman–Crippen MR) is 107 cm³/mol. The first-order chi connectivity index (χ1) is 13.2.